The summed E-state index contributed by atoms with van der Waals surface area (Å²) in [4.78, 5) is 42.3. The van der Waals surface area contributed by atoms with E-state index in [4.69, 9.17) is 43.0 Å². The average molecular weight is 760 g/mol. The molecule has 0 spiro atoms. The number of carbonyl (C=O) groups is 3. The van der Waals surface area contributed by atoms with Gasteiger partial charge in [0.25, 0.3) is 0 Å². The van der Waals surface area contributed by atoms with Crippen LogP contribution in [0.3, 0.4) is 0 Å². The monoisotopic (exact) mass is 759 g/mol. The number of hydrogen-bond donors (Lipinski definition) is 1. The Labute approximate surface area is 307 Å². The van der Waals surface area contributed by atoms with Crippen LogP contribution < -0.4 is 10.3 Å². The zero-order valence-electron chi connectivity index (χ0n) is 31.1. The normalized spacial score (nSPS) is 21.3. The highest BCUT2D eigenvalue weighted by Crippen LogP contribution is 2.52. The number of anilines is 1. The zero-order chi connectivity index (χ0) is 39.3. The molecule has 3 heterocycles. The SMILES string of the molecule is CC(C)OC(=O)OCO[P@@](=O)(OC[C@H]1O[C@@](C#N)(c2ccc3c(N)ncnn23)[C@H](OC(=O)C(C)C)[C@@H]1OC(=O)C(C)C)Oc1ccc(C(C)(C)C)cc1. The van der Waals surface area contributed by atoms with E-state index in [2.05, 4.69) is 16.2 Å². The summed E-state index contributed by atoms with van der Waals surface area (Å²) >= 11 is 0. The summed E-state index contributed by atoms with van der Waals surface area (Å²) in [5.74, 6) is -2.62. The van der Waals surface area contributed by atoms with Crippen molar-refractivity contribution < 1.29 is 56.2 Å². The molecule has 1 aliphatic rings. The second kappa shape index (κ2) is 16.5. The van der Waals surface area contributed by atoms with E-state index in [0.717, 1.165) is 11.9 Å². The topological polar surface area (TPSA) is 222 Å². The minimum atomic E-state index is -4.72. The molecule has 0 saturated carbocycles. The summed E-state index contributed by atoms with van der Waals surface area (Å²) in [5.41, 5.74) is 5.00. The number of carbonyl (C=O) groups excluding carboxylic acids is 3. The van der Waals surface area contributed by atoms with E-state index in [9.17, 15) is 24.2 Å². The van der Waals surface area contributed by atoms with Gasteiger partial charge in [-0.05, 0) is 49.1 Å². The fourth-order valence-corrected chi connectivity index (χ4v) is 6.17. The molecule has 288 valence electrons. The molecule has 0 aliphatic carbocycles. The maximum atomic E-state index is 14.2. The van der Waals surface area contributed by atoms with Crippen LogP contribution in [0.1, 0.15) is 73.6 Å². The van der Waals surface area contributed by atoms with Gasteiger partial charge < -0.3 is 33.9 Å². The van der Waals surface area contributed by atoms with Crippen molar-refractivity contribution in [2.45, 2.75) is 97.7 Å². The maximum Gasteiger partial charge on any atom is 0.533 e. The molecule has 3 aromatic rings. The molecule has 1 aliphatic heterocycles. The lowest BCUT2D eigenvalue weighted by Crippen LogP contribution is -2.47. The van der Waals surface area contributed by atoms with Gasteiger partial charge in [0.05, 0.1) is 30.2 Å². The molecule has 0 unspecified atom stereocenters. The van der Waals surface area contributed by atoms with Crippen molar-refractivity contribution >= 4 is 37.3 Å². The Kier molecular flexibility index (Phi) is 12.8. The van der Waals surface area contributed by atoms with Crippen LogP contribution in [0.25, 0.3) is 5.52 Å². The molecule has 0 amide bonds. The third-order valence-corrected chi connectivity index (χ3v) is 9.24. The Morgan fingerprint density at radius 3 is 2.23 bits per heavy atom. The van der Waals surface area contributed by atoms with Gasteiger partial charge in [0.15, 0.2) is 18.0 Å². The lowest BCUT2D eigenvalue weighted by Gasteiger charge is -2.29. The fraction of sp³-hybridized carbons (Fsp3) is 0.543. The lowest BCUT2D eigenvalue weighted by molar-refractivity contribution is -0.173. The number of aromatic nitrogens is 3. The van der Waals surface area contributed by atoms with E-state index in [1.165, 1.54) is 10.6 Å². The molecule has 2 aromatic heterocycles. The number of nitrogens with zero attached hydrogens (tertiary/aromatic N) is 4. The number of benzene rings is 1. The Morgan fingerprint density at radius 2 is 1.64 bits per heavy atom. The molecule has 18 heteroatoms. The van der Waals surface area contributed by atoms with Gasteiger partial charge >= 0.3 is 25.9 Å². The zero-order valence-corrected chi connectivity index (χ0v) is 32.0. The highest BCUT2D eigenvalue weighted by atomic mass is 31.2. The number of hydrogen-bond acceptors (Lipinski definition) is 16. The first-order valence-corrected chi connectivity index (χ1v) is 18.4. The van der Waals surface area contributed by atoms with Crippen molar-refractivity contribution in [2.24, 2.45) is 11.8 Å². The first-order valence-electron chi connectivity index (χ1n) is 16.9. The van der Waals surface area contributed by atoms with Gasteiger partial charge in [-0.1, -0.05) is 60.6 Å². The molecule has 1 fully saturated rings. The van der Waals surface area contributed by atoms with Gasteiger partial charge in [0.2, 0.25) is 12.4 Å². The number of phosphoric acid groups is 1. The molecule has 0 radical (unpaired) electrons. The predicted octanol–water partition coefficient (Wildman–Crippen LogP) is 5.60. The molecule has 4 rings (SSSR count). The quantitative estimate of drug-likeness (QED) is 0.0914. The van der Waals surface area contributed by atoms with Crippen molar-refractivity contribution in [3.63, 3.8) is 0 Å². The first-order chi connectivity index (χ1) is 24.8. The Bertz CT molecular complexity index is 1870. The van der Waals surface area contributed by atoms with E-state index in [1.54, 1.807) is 71.9 Å². The summed E-state index contributed by atoms with van der Waals surface area (Å²) in [6, 6.07) is 11.8. The summed E-state index contributed by atoms with van der Waals surface area (Å²) in [6.45, 7) is 14.0. The van der Waals surface area contributed by atoms with Crippen LogP contribution >= 0.6 is 7.82 Å². The van der Waals surface area contributed by atoms with Crippen LogP contribution in [0.2, 0.25) is 0 Å². The smallest absolute Gasteiger partial charge is 0.455 e. The van der Waals surface area contributed by atoms with Gasteiger partial charge in [-0.25, -0.2) is 23.4 Å². The van der Waals surface area contributed by atoms with E-state index in [0.29, 0.717) is 5.52 Å². The number of esters is 2. The molecule has 5 atom stereocenters. The van der Waals surface area contributed by atoms with Gasteiger partial charge in [0, 0.05) is 0 Å². The number of phosphoric ester groups is 1. The summed E-state index contributed by atoms with van der Waals surface area (Å²) in [5, 5.41) is 15.1. The van der Waals surface area contributed by atoms with Crippen LogP contribution in [0.5, 0.6) is 5.75 Å². The molecule has 0 bridgehead atoms. The van der Waals surface area contributed by atoms with Crippen LogP contribution in [-0.4, -0.2) is 70.5 Å². The van der Waals surface area contributed by atoms with Crippen LogP contribution in [0.15, 0.2) is 42.7 Å². The van der Waals surface area contributed by atoms with Crippen molar-refractivity contribution in [1.29, 1.82) is 5.26 Å². The second-order valence-electron chi connectivity index (χ2n) is 14.1. The number of ether oxygens (including phenoxy) is 5. The Balaban J connectivity index is 1.75. The number of rotatable bonds is 14. The van der Waals surface area contributed by atoms with Crippen LogP contribution in [0, 0.1) is 23.2 Å². The Hall–Kier alpha value is -4.75. The number of fused-ring (bicyclic) bond motifs is 1. The van der Waals surface area contributed by atoms with Crippen LogP contribution in [-0.2, 0) is 57.9 Å². The first kappa shape index (κ1) is 41.0. The number of nitrogens with two attached hydrogens (primary N) is 1. The van der Waals surface area contributed by atoms with Gasteiger partial charge in [0.1, 0.15) is 29.8 Å². The number of nitrogen functional groups attached to an aromatic ring is 1. The maximum absolute atomic E-state index is 14.2. The van der Waals surface area contributed by atoms with Crippen LogP contribution in [0.4, 0.5) is 10.6 Å². The largest absolute Gasteiger partial charge is 0.533 e. The predicted molar refractivity (Wildman–Crippen MR) is 187 cm³/mol. The minimum absolute atomic E-state index is 0.0606. The molecular weight excluding hydrogens is 713 g/mol. The summed E-state index contributed by atoms with van der Waals surface area (Å²) in [7, 11) is -4.72. The van der Waals surface area contributed by atoms with E-state index in [-0.39, 0.29) is 22.7 Å². The third-order valence-electron chi connectivity index (χ3n) is 7.92. The van der Waals surface area contributed by atoms with Crippen molar-refractivity contribution in [3.8, 4) is 11.8 Å². The molecule has 53 heavy (non-hydrogen) atoms. The van der Waals surface area contributed by atoms with Gasteiger partial charge in [-0.3, -0.25) is 14.1 Å². The van der Waals surface area contributed by atoms with Gasteiger partial charge in [-0.2, -0.15) is 10.4 Å². The summed E-state index contributed by atoms with van der Waals surface area (Å²) in [6.07, 6.45) is -4.99. The van der Waals surface area contributed by atoms with Crippen molar-refractivity contribution in [2.75, 3.05) is 19.1 Å². The molecule has 2 N–H and O–H groups in total. The van der Waals surface area contributed by atoms with Crippen molar-refractivity contribution in [1.82, 2.24) is 14.6 Å². The number of nitriles is 1. The fourth-order valence-electron chi connectivity index (χ4n) is 5.10. The second-order valence-corrected chi connectivity index (χ2v) is 15.7. The van der Waals surface area contributed by atoms with Gasteiger partial charge in [-0.15, -0.1) is 0 Å². The van der Waals surface area contributed by atoms with Crippen molar-refractivity contribution in [3.05, 3.63) is 54.0 Å². The molecule has 17 nitrogen and oxygen atoms in total. The molecule has 1 saturated heterocycles. The minimum Gasteiger partial charge on any atom is -0.455 e. The third kappa shape index (κ3) is 9.63. The highest BCUT2D eigenvalue weighted by Gasteiger charge is 2.63. The highest BCUT2D eigenvalue weighted by molar-refractivity contribution is 7.48. The van der Waals surface area contributed by atoms with E-state index >= 15 is 0 Å². The van der Waals surface area contributed by atoms with E-state index < -0.39 is 81.2 Å². The standard InChI is InChI=1S/C35H46N5O12P/c1-20(2)31(41)49-28-26(51-35(17-36,29(28)50-32(42)21(3)4)27-15-14-25-30(37)38-18-39-40(25)27)16-46-53(44,47-19-45-33(43)48-22(5)6)52-24-12-10-23(11-13-24)34(7,8)9/h10-15,18,20-22,26,28-29H,16,19H2,1-9H3,(H2,37,38,39)/t26-,28-,29-,35+,53-/m1/s1. The average Bonchev–Trinajstić information content (AvgIpc) is 3.64. The lowest BCUT2D eigenvalue weighted by atomic mass is 9.87. The van der Waals surface area contributed by atoms with E-state index in [1.807, 2.05) is 20.8 Å². The Morgan fingerprint density at radius 1 is 1.00 bits per heavy atom. The molecule has 1 aromatic carbocycles. The molecular formula is C35H46N5O12P. The summed E-state index contributed by atoms with van der Waals surface area (Å²) < 4.78 is 60.3.